The third-order valence-corrected chi connectivity index (χ3v) is 8.49. The number of carbonyl (C=O) groups is 2. The third kappa shape index (κ3) is 11.6. The van der Waals surface area contributed by atoms with E-state index in [4.69, 9.17) is 37.9 Å². The molecular formula is C42H46O10. The fourth-order valence-corrected chi connectivity index (χ4v) is 5.58. The second-order valence-corrected chi connectivity index (χ2v) is 11.8. The Morgan fingerprint density at radius 2 is 0.846 bits per heavy atom. The molecule has 0 heterocycles. The highest BCUT2D eigenvalue weighted by molar-refractivity contribution is 5.87. The van der Waals surface area contributed by atoms with Crippen LogP contribution >= 0.6 is 0 Å². The summed E-state index contributed by atoms with van der Waals surface area (Å²) in [5.41, 5.74) is 3.49. The SMILES string of the molecule is COc1ccc(/C=C/C(=O)OC[C@H](Cc2ccc(OC)c(OC)c2)[C@H](COC(=O)/C=C/c2ccc(OC)cc2)Cc2ccc(OC)c(OC)c2)cc1. The van der Waals surface area contributed by atoms with Crippen molar-refractivity contribution in [2.45, 2.75) is 12.8 Å². The fraction of sp³-hybridized carbons (Fsp3) is 0.286. The van der Waals surface area contributed by atoms with Gasteiger partial charge >= 0.3 is 11.9 Å². The molecule has 274 valence electrons. The lowest BCUT2D eigenvalue weighted by Gasteiger charge is -2.27. The smallest absolute Gasteiger partial charge is 0.330 e. The molecule has 52 heavy (non-hydrogen) atoms. The summed E-state index contributed by atoms with van der Waals surface area (Å²) in [5, 5.41) is 0. The molecule has 0 bridgehead atoms. The van der Waals surface area contributed by atoms with Gasteiger partial charge in [-0.05, 0) is 95.8 Å². The molecule has 10 nitrogen and oxygen atoms in total. The number of ether oxygens (including phenoxy) is 8. The van der Waals surface area contributed by atoms with Crippen molar-refractivity contribution in [3.63, 3.8) is 0 Å². The molecule has 0 saturated carbocycles. The molecule has 0 radical (unpaired) electrons. The zero-order chi connectivity index (χ0) is 37.3. The maximum absolute atomic E-state index is 13.0. The summed E-state index contributed by atoms with van der Waals surface area (Å²) in [6.07, 6.45) is 7.11. The Balaban J connectivity index is 1.61. The molecule has 0 aliphatic rings. The van der Waals surface area contributed by atoms with E-state index in [9.17, 15) is 9.59 Å². The average molecular weight is 711 g/mol. The van der Waals surface area contributed by atoms with Gasteiger partial charge in [-0.25, -0.2) is 9.59 Å². The van der Waals surface area contributed by atoms with Crippen molar-refractivity contribution in [2.75, 3.05) is 55.9 Å². The zero-order valence-corrected chi connectivity index (χ0v) is 30.5. The molecule has 0 unspecified atom stereocenters. The number of methoxy groups -OCH3 is 6. The predicted molar refractivity (Wildman–Crippen MR) is 199 cm³/mol. The number of esters is 2. The van der Waals surface area contributed by atoms with Gasteiger partial charge < -0.3 is 37.9 Å². The number of hydrogen-bond donors (Lipinski definition) is 0. The molecule has 0 saturated heterocycles. The van der Waals surface area contributed by atoms with Gasteiger partial charge in [-0.2, -0.15) is 0 Å². The minimum atomic E-state index is -0.502. The Kier molecular flexibility index (Phi) is 15.0. The molecule has 4 rings (SSSR count). The van der Waals surface area contributed by atoms with Gasteiger partial charge in [0.1, 0.15) is 11.5 Å². The highest BCUT2D eigenvalue weighted by Crippen LogP contribution is 2.33. The maximum atomic E-state index is 13.0. The molecule has 0 fully saturated rings. The van der Waals surface area contributed by atoms with Crippen LogP contribution in [0.5, 0.6) is 34.5 Å². The van der Waals surface area contributed by atoms with Gasteiger partial charge in [-0.3, -0.25) is 0 Å². The van der Waals surface area contributed by atoms with Crippen LogP contribution in [0.15, 0.2) is 97.1 Å². The van der Waals surface area contributed by atoms with E-state index in [1.165, 1.54) is 12.2 Å². The minimum absolute atomic E-state index is 0.0529. The van der Waals surface area contributed by atoms with E-state index in [-0.39, 0.29) is 25.0 Å². The van der Waals surface area contributed by atoms with Gasteiger partial charge in [0, 0.05) is 24.0 Å². The van der Waals surface area contributed by atoms with Gasteiger partial charge in [-0.1, -0.05) is 36.4 Å². The van der Waals surface area contributed by atoms with Crippen molar-refractivity contribution in [3.05, 3.63) is 119 Å². The molecular weight excluding hydrogens is 664 g/mol. The van der Waals surface area contributed by atoms with Crippen LogP contribution in [0.4, 0.5) is 0 Å². The number of carbonyl (C=O) groups excluding carboxylic acids is 2. The van der Waals surface area contributed by atoms with Crippen LogP contribution in [0.3, 0.4) is 0 Å². The molecule has 2 atom stereocenters. The highest BCUT2D eigenvalue weighted by Gasteiger charge is 2.26. The quantitative estimate of drug-likeness (QED) is 0.0729. The van der Waals surface area contributed by atoms with Gasteiger partial charge in [0.2, 0.25) is 0 Å². The van der Waals surface area contributed by atoms with Crippen molar-refractivity contribution in [2.24, 2.45) is 11.8 Å². The Labute approximate surface area is 305 Å². The monoisotopic (exact) mass is 710 g/mol. The van der Waals surface area contributed by atoms with E-state index in [1.807, 2.05) is 84.9 Å². The van der Waals surface area contributed by atoms with E-state index < -0.39 is 11.9 Å². The second-order valence-electron chi connectivity index (χ2n) is 11.8. The lowest BCUT2D eigenvalue weighted by molar-refractivity contribution is -0.143. The van der Waals surface area contributed by atoms with Crippen LogP contribution < -0.4 is 28.4 Å². The summed E-state index contributed by atoms with van der Waals surface area (Å²) in [6.45, 7) is 0.106. The van der Waals surface area contributed by atoms with E-state index in [0.717, 1.165) is 33.8 Å². The lowest BCUT2D eigenvalue weighted by atomic mass is 9.83. The molecule has 0 spiro atoms. The molecule has 0 N–H and O–H groups in total. The van der Waals surface area contributed by atoms with Gasteiger partial charge in [-0.15, -0.1) is 0 Å². The van der Waals surface area contributed by atoms with E-state index in [2.05, 4.69) is 0 Å². The first-order valence-electron chi connectivity index (χ1n) is 16.7. The first kappa shape index (κ1) is 38.9. The predicted octanol–water partition coefficient (Wildman–Crippen LogP) is 7.27. The summed E-state index contributed by atoms with van der Waals surface area (Å²) < 4.78 is 44.2. The summed E-state index contributed by atoms with van der Waals surface area (Å²) >= 11 is 0. The van der Waals surface area contributed by atoms with Crippen LogP contribution in [0.25, 0.3) is 12.2 Å². The maximum Gasteiger partial charge on any atom is 0.330 e. The topological polar surface area (TPSA) is 108 Å². The minimum Gasteiger partial charge on any atom is -0.497 e. The normalized spacial score (nSPS) is 12.2. The summed E-state index contributed by atoms with van der Waals surface area (Å²) in [7, 11) is 9.51. The first-order valence-corrected chi connectivity index (χ1v) is 16.7. The third-order valence-electron chi connectivity index (χ3n) is 8.49. The molecule has 4 aromatic carbocycles. The molecule has 10 heteroatoms. The van der Waals surface area contributed by atoms with Crippen molar-refractivity contribution in [3.8, 4) is 34.5 Å². The van der Waals surface area contributed by atoms with Crippen LogP contribution in [-0.4, -0.2) is 67.8 Å². The fourth-order valence-electron chi connectivity index (χ4n) is 5.58. The molecule has 0 aliphatic carbocycles. The van der Waals surface area contributed by atoms with Crippen LogP contribution in [-0.2, 0) is 31.9 Å². The second kappa shape index (κ2) is 20.1. The summed E-state index contributed by atoms with van der Waals surface area (Å²) in [6, 6.07) is 26.0. The number of rotatable bonds is 19. The number of hydrogen-bond acceptors (Lipinski definition) is 10. The Hall–Kier alpha value is -5.90. The molecule has 0 amide bonds. The largest absolute Gasteiger partial charge is 0.497 e. The summed E-state index contributed by atoms with van der Waals surface area (Å²) in [4.78, 5) is 26.1. The first-order chi connectivity index (χ1) is 25.3. The molecule has 4 aromatic rings. The van der Waals surface area contributed by atoms with Crippen LogP contribution in [0, 0.1) is 11.8 Å². The summed E-state index contributed by atoms with van der Waals surface area (Å²) in [5.74, 6) is 2.19. The molecule has 0 aliphatic heterocycles. The van der Waals surface area contributed by atoms with Crippen molar-refractivity contribution in [1.29, 1.82) is 0 Å². The van der Waals surface area contributed by atoms with Crippen molar-refractivity contribution < 1.29 is 47.5 Å². The molecule has 0 aromatic heterocycles. The average Bonchev–Trinajstić information content (AvgIpc) is 3.19. The standard InChI is InChI=1S/C42H46O10/c1-45-35-15-7-29(8-16-35)13-21-41(43)51-27-33(23-31-11-19-37(47-3)39(25-31)49-5)34(24-32-12-20-38(48-4)40(26-32)50-6)28-52-42(44)22-14-30-9-17-36(46-2)18-10-30/h7-22,25-26,33-34H,23-24,27-28H2,1-6H3/b21-13+,22-14+/t33-,34-/m0/s1. The van der Waals surface area contributed by atoms with Crippen LogP contribution in [0.2, 0.25) is 0 Å². The highest BCUT2D eigenvalue weighted by atomic mass is 16.5. The van der Waals surface area contributed by atoms with E-state index >= 15 is 0 Å². The zero-order valence-electron chi connectivity index (χ0n) is 30.5. The Morgan fingerprint density at radius 1 is 0.481 bits per heavy atom. The lowest BCUT2D eigenvalue weighted by Crippen LogP contribution is -2.30. The van der Waals surface area contributed by atoms with Gasteiger partial charge in [0.15, 0.2) is 23.0 Å². The van der Waals surface area contributed by atoms with Crippen molar-refractivity contribution >= 4 is 24.1 Å². The Morgan fingerprint density at radius 3 is 1.17 bits per heavy atom. The van der Waals surface area contributed by atoms with Crippen molar-refractivity contribution in [1.82, 2.24) is 0 Å². The number of benzene rings is 4. The van der Waals surface area contributed by atoms with E-state index in [0.29, 0.717) is 35.8 Å². The Bertz CT molecular complexity index is 1660. The van der Waals surface area contributed by atoms with Crippen LogP contribution in [0.1, 0.15) is 22.3 Å². The van der Waals surface area contributed by atoms with E-state index in [1.54, 1.807) is 54.8 Å². The van der Waals surface area contributed by atoms with Gasteiger partial charge in [0.25, 0.3) is 0 Å². The van der Waals surface area contributed by atoms with Gasteiger partial charge in [0.05, 0.1) is 55.9 Å².